The molecule has 7 heteroatoms. The van der Waals surface area contributed by atoms with Gasteiger partial charge in [0.2, 0.25) is 5.91 Å². The van der Waals surface area contributed by atoms with Gasteiger partial charge in [-0.25, -0.2) is 4.79 Å². The Morgan fingerprint density at radius 3 is 2.50 bits per heavy atom. The van der Waals surface area contributed by atoms with Crippen molar-refractivity contribution < 1.29 is 14.3 Å². The van der Waals surface area contributed by atoms with E-state index in [1.807, 2.05) is 24.3 Å². The molecule has 1 atom stereocenters. The van der Waals surface area contributed by atoms with Crippen LogP contribution in [-0.2, 0) is 9.53 Å². The Bertz CT molecular complexity index is 1120. The van der Waals surface area contributed by atoms with Gasteiger partial charge in [0, 0.05) is 21.8 Å². The molecule has 1 amide bonds. The van der Waals surface area contributed by atoms with E-state index in [1.165, 1.54) is 7.11 Å². The first kappa shape index (κ1) is 18.6. The normalized spacial score (nSPS) is 15.3. The third-order valence-electron chi connectivity index (χ3n) is 4.91. The summed E-state index contributed by atoms with van der Waals surface area (Å²) in [5, 5.41) is 3.78. The maximum atomic E-state index is 13.0. The van der Waals surface area contributed by atoms with Crippen molar-refractivity contribution in [2.45, 2.75) is 12.8 Å². The molecule has 1 aromatic heterocycles. The first-order chi connectivity index (χ1) is 13.4. The molecule has 0 unspecified atom stereocenters. The van der Waals surface area contributed by atoms with Crippen molar-refractivity contribution in [3.8, 4) is 11.3 Å². The molecule has 5 nitrogen and oxygen atoms in total. The van der Waals surface area contributed by atoms with Gasteiger partial charge in [-0.05, 0) is 24.6 Å². The number of carbonyl (C=O) groups excluding carboxylic acids is 2. The van der Waals surface area contributed by atoms with Crippen LogP contribution in [0, 0.1) is 6.92 Å². The van der Waals surface area contributed by atoms with Gasteiger partial charge in [-0.1, -0.05) is 53.5 Å². The van der Waals surface area contributed by atoms with E-state index in [4.69, 9.17) is 27.9 Å². The summed E-state index contributed by atoms with van der Waals surface area (Å²) in [4.78, 5) is 28.8. The van der Waals surface area contributed by atoms with Gasteiger partial charge in [-0.15, -0.1) is 0 Å². The Hall–Kier alpha value is -2.76. The van der Waals surface area contributed by atoms with Crippen LogP contribution in [0.25, 0.3) is 11.3 Å². The van der Waals surface area contributed by atoms with E-state index in [0.29, 0.717) is 49.4 Å². The number of esters is 1. The van der Waals surface area contributed by atoms with E-state index in [9.17, 15) is 9.59 Å². The first-order valence-corrected chi connectivity index (χ1v) is 9.34. The number of para-hydroxylation sites is 1. The number of hydrogen-bond acceptors (Lipinski definition) is 3. The quantitative estimate of drug-likeness (QED) is 0.580. The molecule has 3 aromatic rings. The van der Waals surface area contributed by atoms with Crippen molar-refractivity contribution in [2.24, 2.45) is 0 Å². The number of anilines is 1. The van der Waals surface area contributed by atoms with Crippen LogP contribution in [-0.4, -0.2) is 24.0 Å². The van der Waals surface area contributed by atoms with Gasteiger partial charge in [0.1, 0.15) is 0 Å². The minimum absolute atomic E-state index is 0.263. The van der Waals surface area contributed by atoms with Gasteiger partial charge < -0.3 is 15.0 Å². The highest BCUT2D eigenvalue weighted by Crippen LogP contribution is 2.46. The lowest BCUT2D eigenvalue weighted by atomic mass is 9.87. The number of aromatic amines is 1. The molecule has 2 N–H and O–H groups in total. The Balaban J connectivity index is 2.04. The molecule has 0 saturated carbocycles. The van der Waals surface area contributed by atoms with E-state index in [0.717, 1.165) is 0 Å². The summed E-state index contributed by atoms with van der Waals surface area (Å²) in [6.45, 7) is 1.77. The van der Waals surface area contributed by atoms with E-state index in [2.05, 4.69) is 10.3 Å². The highest BCUT2D eigenvalue weighted by molar-refractivity contribution is 6.35. The summed E-state index contributed by atoms with van der Waals surface area (Å²) in [6, 6.07) is 12.6. The summed E-state index contributed by atoms with van der Waals surface area (Å²) < 4.78 is 4.99. The molecule has 1 aliphatic heterocycles. The van der Waals surface area contributed by atoms with Crippen LogP contribution in [0.3, 0.4) is 0 Å². The maximum Gasteiger partial charge on any atom is 0.340 e. The zero-order valence-electron chi connectivity index (χ0n) is 15.1. The van der Waals surface area contributed by atoms with Crippen molar-refractivity contribution in [2.75, 3.05) is 12.4 Å². The predicted octanol–water partition coefficient (Wildman–Crippen LogP) is 5.17. The van der Waals surface area contributed by atoms with Crippen molar-refractivity contribution in [3.05, 3.63) is 74.9 Å². The summed E-state index contributed by atoms with van der Waals surface area (Å²) in [5.74, 6) is -1.51. The number of rotatable bonds is 3. The molecule has 0 fully saturated rings. The zero-order chi connectivity index (χ0) is 20.0. The second-order valence-corrected chi connectivity index (χ2v) is 7.33. The van der Waals surface area contributed by atoms with Gasteiger partial charge >= 0.3 is 5.97 Å². The number of carbonyl (C=O) groups is 2. The number of nitrogens with one attached hydrogen (secondary N) is 2. The average molecular weight is 415 g/mol. The number of aromatic nitrogens is 1. The van der Waals surface area contributed by atoms with Crippen molar-refractivity contribution in [3.63, 3.8) is 0 Å². The summed E-state index contributed by atoms with van der Waals surface area (Å²) in [5.41, 5.74) is 4.01. The molecular weight excluding hydrogens is 399 g/mol. The lowest BCUT2D eigenvalue weighted by Crippen LogP contribution is -2.17. The van der Waals surface area contributed by atoms with E-state index in [-0.39, 0.29) is 5.91 Å². The number of halogens is 2. The number of benzene rings is 2. The molecule has 28 heavy (non-hydrogen) atoms. The highest BCUT2D eigenvalue weighted by atomic mass is 35.5. The van der Waals surface area contributed by atoms with Gasteiger partial charge in [0.05, 0.1) is 35.0 Å². The third-order valence-corrected chi connectivity index (χ3v) is 5.56. The number of aryl methyl sites for hydroxylation is 1. The van der Waals surface area contributed by atoms with Crippen LogP contribution >= 0.6 is 23.2 Å². The van der Waals surface area contributed by atoms with Gasteiger partial charge in [-0.2, -0.15) is 0 Å². The van der Waals surface area contributed by atoms with Crippen LogP contribution in [0.2, 0.25) is 10.0 Å². The summed E-state index contributed by atoms with van der Waals surface area (Å²) >= 11 is 12.7. The van der Waals surface area contributed by atoms with Gasteiger partial charge in [0.15, 0.2) is 0 Å². The van der Waals surface area contributed by atoms with Gasteiger partial charge in [0.25, 0.3) is 0 Å². The smallest absolute Gasteiger partial charge is 0.340 e. The topological polar surface area (TPSA) is 71.2 Å². The zero-order valence-corrected chi connectivity index (χ0v) is 16.6. The van der Waals surface area contributed by atoms with Crippen molar-refractivity contribution in [1.82, 2.24) is 4.98 Å². The van der Waals surface area contributed by atoms with Crippen molar-refractivity contribution >= 4 is 40.8 Å². The molecule has 0 saturated heterocycles. The minimum atomic E-state index is -0.723. The Morgan fingerprint density at radius 1 is 1.07 bits per heavy atom. The lowest BCUT2D eigenvalue weighted by Gasteiger charge is -2.14. The number of hydrogen-bond donors (Lipinski definition) is 2. The highest BCUT2D eigenvalue weighted by Gasteiger charge is 2.39. The second kappa shape index (κ2) is 7.00. The lowest BCUT2D eigenvalue weighted by molar-refractivity contribution is -0.116. The molecule has 0 bridgehead atoms. The average Bonchev–Trinajstić information content (AvgIpc) is 3.18. The number of fused-ring (bicyclic) bond motifs is 1. The largest absolute Gasteiger partial charge is 0.465 e. The first-order valence-electron chi connectivity index (χ1n) is 8.59. The third kappa shape index (κ3) is 2.79. The van der Waals surface area contributed by atoms with E-state index in [1.54, 1.807) is 25.1 Å². The van der Waals surface area contributed by atoms with Crippen LogP contribution in [0.4, 0.5) is 5.69 Å². The summed E-state index contributed by atoms with van der Waals surface area (Å²) in [6.07, 6.45) is 0. The fourth-order valence-corrected chi connectivity index (χ4v) is 4.17. The molecule has 0 spiro atoms. The monoisotopic (exact) mass is 414 g/mol. The molecule has 0 aliphatic carbocycles. The SMILES string of the molecule is COC(=O)c1c(C)[nH]c(-c2ccccc2Cl)c1[C@H]1C(=O)Nc2c(Cl)cccc21. The fourth-order valence-electron chi connectivity index (χ4n) is 3.71. The predicted molar refractivity (Wildman–Crippen MR) is 109 cm³/mol. The van der Waals surface area contributed by atoms with Crippen LogP contribution in [0.5, 0.6) is 0 Å². The fraction of sp³-hybridized carbons (Fsp3) is 0.143. The molecular formula is C21H16Cl2N2O3. The maximum absolute atomic E-state index is 13.0. The molecule has 2 heterocycles. The Labute approximate surface area is 171 Å². The van der Waals surface area contributed by atoms with Crippen molar-refractivity contribution in [1.29, 1.82) is 0 Å². The molecule has 0 radical (unpaired) electrons. The molecule has 142 valence electrons. The Kier molecular flexibility index (Phi) is 4.65. The standard InChI is InChI=1S/C21H16Cl2N2O3/c1-10-15(21(27)28-2)17(19(24-10)11-6-3-4-8-13(11)22)16-12-7-5-9-14(23)18(12)25-20(16)26/h3-9,16,24H,1-2H3,(H,25,26)/t16-/m0/s1. The number of H-pyrrole nitrogens is 1. The minimum Gasteiger partial charge on any atom is -0.465 e. The van der Waals surface area contributed by atoms with E-state index < -0.39 is 11.9 Å². The molecule has 1 aliphatic rings. The summed E-state index contributed by atoms with van der Waals surface area (Å²) in [7, 11) is 1.31. The number of amides is 1. The van der Waals surface area contributed by atoms with Crippen LogP contribution < -0.4 is 5.32 Å². The van der Waals surface area contributed by atoms with E-state index >= 15 is 0 Å². The molecule has 4 rings (SSSR count). The van der Waals surface area contributed by atoms with Gasteiger partial charge in [-0.3, -0.25) is 4.79 Å². The Morgan fingerprint density at radius 2 is 1.79 bits per heavy atom. The van der Waals surface area contributed by atoms with Crippen LogP contribution in [0.15, 0.2) is 42.5 Å². The number of ether oxygens (including phenoxy) is 1. The second-order valence-electron chi connectivity index (χ2n) is 6.51. The number of methoxy groups -OCH3 is 1. The van der Waals surface area contributed by atoms with Crippen LogP contribution in [0.1, 0.15) is 33.1 Å². The molecule has 2 aromatic carbocycles.